The third kappa shape index (κ3) is 3.89. The van der Waals surface area contributed by atoms with E-state index in [9.17, 15) is 27.6 Å². The van der Waals surface area contributed by atoms with Crippen LogP contribution in [-0.4, -0.2) is 59.2 Å². The first-order valence-corrected chi connectivity index (χ1v) is 10.4. The van der Waals surface area contributed by atoms with Gasteiger partial charge in [0.15, 0.2) is 11.6 Å². The van der Waals surface area contributed by atoms with Crippen LogP contribution in [0.3, 0.4) is 0 Å². The van der Waals surface area contributed by atoms with Crippen LogP contribution in [0.2, 0.25) is 0 Å². The van der Waals surface area contributed by atoms with Gasteiger partial charge in [0.1, 0.15) is 17.9 Å². The first-order chi connectivity index (χ1) is 14.3. The Hall–Kier alpha value is -2.58. The Kier molecular flexibility index (Phi) is 5.71. The third-order valence-electron chi connectivity index (χ3n) is 6.40. The smallest absolute Gasteiger partial charge is 0.257 e. The quantitative estimate of drug-likeness (QED) is 0.758. The maximum Gasteiger partial charge on any atom is 0.257 e. The fourth-order valence-electron chi connectivity index (χ4n) is 4.76. The summed E-state index contributed by atoms with van der Waals surface area (Å²) in [6.45, 7) is 0.100. The molecule has 6 nitrogen and oxygen atoms in total. The third-order valence-corrected chi connectivity index (χ3v) is 6.40. The number of carbonyl (C=O) groups excluding carboxylic acids is 3. The fraction of sp³-hybridized carbons (Fsp3) is 0.571. The molecule has 0 bridgehead atoms. The topological polar surface area (TPSA) is 69.7 Å². The van der Waals surface area contributed by atoms with E-state index in [1.54, 1.807) is 0 Å². The number of rotatable bonds is 3. The van der Waals surface area contributed by atoms with E-state index in [0.717, 1.165) is 25.7 Å². The van der Waals surface area contributed by atoms with Gasteiger partial charge in [0.2, 0.25) is 11.8 Å². The molecular weight excluding hydrogens is 399 g/mol. The molecule has 0 aromatic heterocycles. The summed E-state index contributed by atoms with van der Waals surface area (Å²) in [7, 11) is 0. The molecule has 1 aliphatic carbocycles. The van der Waals surface area contributed by atoms with Crippen molar-refractivity contribution in [1.29, 1.82) is 0 Å². The van der Waals surface area contributed by atoms with E-state index in [-0.39, 0.29) is 31.4 Å². The molecule has 0 unspecified atom stereocenters. The van der Waals surface area contributed by atoms with E-state index in [1.807, 2.05) is 0 Å². The van der Waals surface area contributed by atoms with Crippen molar-refractivity contribution in [1.82, 2.24) is 15.1 Å². The Morgan fingerprint density at radius 3 is 2.43 bits per heavy atom. The predicted molar refractivity (Wildman–Crippen MR) is 101 cm³/mol. The van der Waals surface area contributed by atoms with Crippen LogP contribution in [0.25, 0.3) is 0 Å². The maximum atomic E-state index is 14.0. The normalized spacial score (nSPS) is 25.2. The van der Waals surface area contributed by atoms with Crippen molar-refractivity contribution in [2.24, 2.45) is 5.92 Å². The SMILES string of the molecule is O=C1N[C@@H](CC2CCCCC2)C(=O)N2CCN(C(=O)c3cc(F)c(F)cc3F)C[C@H]12. The van der Waals surface area contributed by atoms with Crippen LogP contribution in [0.15, 0.2) is 12.1 Å². The Labute approximate surface area is 172 Å². The standard InChI is InChI=1S/C21H24F3N3O3/c22-14-10-16(24)15(23)9-13(14)20(29)26-6-7-27-18(11-26)19(28)25-17(21(27)30)8-12-4-2-1-3-5-12/h9-10,12,17-18H,1-8,11H2,(H,25,28)/t17-,18+/m0/s1. The minimum absolute atomic E-state index is 0.0862. The molecule has 1 saturated carbocycles. The summed E-state index contributed by atoms with van der Waals surface area (Å²) >= 11 is 0. The Bertz CT molecular complexity index is 873. The van der Waals surface area contributed by atoms with E-state index in [4.69, 9.17) is 0 Å². The van der Waals surface area contributed by atoms with Gasteiger partial charge in [0, 0.05) is 19.2 Å². The van der Waals surface area contributed by atoms with Crippen LogP contribution in [0, 0.1) is 23.4 Å². The van der Waals surface area contributed by atoms with Crippen LogP contribution >= 0.6 is 0 Å². The van der Waals surface area contributed by atoms with Crippen LogP contribution in [0.5, 0.6) is 0 Å². The van der Waals surface area contributed by atoms with Crippen LogP contribution < -0.4 is 5.32 Å². The van der Waals surface area contributed by atoms with Crippen LogP contribution in [-0.2, 0) is 9.59 Å². The number of hydrogen-bond acceptors (Lipinski definition) is 3. The molecular formula is C21H24F3N3O3. The highest BCUT2D eigenvalue weighted by Crippen LogP contribution is 2.29. The first-order valence-electron chi connectivity index (χ1n) is 10.4. The monoisotopic (exact) mass is 423 g/mol. The van der Waals surface area contributed by atoms with Gasteiger partial charge in [-0.15, -0.1) is 0 Å². The molecule has 2 atom stereocenters. The van der Waals surface area contributed by atoms with Gasteiger partial charge in [-0.3, -0.25) is 14.4 Å². The van der Waals surface area contributed by atoms with E-state index in [0.29, 0.717) is 24.5 Å². The lowest BCUT2D eigenvalue weighted by molar-refractivity contribution is -0.152. The van der Waals surface area contributed by atoms with Gasteiger partial charge in [-0.2, -0.15) is 0 Å². The summed E-state index contributed by atoms with van der Waals surface area (Å²) in [6, 6.07) is -0.578. The van der Waals surface area contributed by atoms with Crippen molar-refractivity contribution >= 4 is 17.7 Å². The summed E-state index contributed by atoms with van der Waals surface area (Å²) < 4.78 is 40.6. The summed E-state index contributed by atoms with van der Waals surface area (Å²) in [5.41, 5.74) is -0.597. The average Bonchev–Trinajstić information content (AvgIpc) is 2.74. The second-order valence-corrected chi connectivity index (χ2v) is 8.35. The minimum Gasteiger partial charge on any atom is -0.342 e. The number of hydrogen-bond donors (Lipinski definition) is 1. The first kappa shape index (κ1) is 20.7. The molecule has 162 valence electrons. The molecule has 2 saturated heterocycles. The van der Waals surface area contributed by atoms with Crippen molar-refractivity contribution in [3.05, 3.63) is 35.1 Å². The number of halogens is 3. The number of nitrogens with zero attached hydrogens (tertiary/aromatic N) is 2. The van der Waals surface area contributed by atoms with Gasteiger partial charge in [0.05, 0.1) is 12.1 Å². The van der Waals surface area contributed by atoms with E-state index in [1.165, 1.54) is 16.2 Å². The number of nitrogens with one attached hydrogen (secondary N) is 1. The van der Waals surface area contributed by atoms with Gasteiger partial charge >= 0.3 is 0 Å². The van der Waals surface area contributed by atoms with Gasteiger partial charge in [-0.25, -0.2) is 13.2 Å². The highest BCUT2D eigenvalue weighted by molar-refractivity contribution is 5.99. The lowest BCUT2D eigenvalue weighted by Crippen LogP contribution is -2.69. The highest BCUT2D eigenvalue weighted by atomic mass is 19.2. The molecule has 1 N–H and O–H groups in total. The van der Waals surface area contributed by atoms with Crippen molar-refractivity contribution < 1.29 is 27.6 Å². The van der Waals surface area contributed by atoms with Gasteiger partial charge in [-0.1, -0.05) is 32.1 Å². The highest BCUT2D eigenvalue weighted by Gasteiger charge is 2.45. The Balaban J connectivity index is 1.45. The number of benzene rings is 1. The zero-order valence-electron chi connectivity index (χ0n) is 16.5. The molecule has 9 heteroatoms. The molecule has 0 spiro atoms. The number of fused-ring (bicyclic) bond motifs is 1. The fourth-order valence-corrected chi connectivity index (χ4v) is 4.76. The van der Waals surface area contributed by atoms with Gasteiger partial charge < -0.3 is 15.1 Å². The van der Waals surface area contributed by atoms with E-state index >= 15 is 0 Å². The zero-order valence-corrected chi connectivity index (χ0v) is 16.5. The van der Waals surface area contributed by atoms with Crippen molar-refractivity contribution in [2.45, 2.75) is 50.6 Å². The molecule has 1 aromatic rings. The van der Waals surface area contributed by atoms with Crippen molar-refractivity contribution in [2.75, 3.05) is 19.6 Å². The molecule has 2 heterocycles. The summed E-state index contributed by atoms with van der Waals surface area (Å²) in [4.78, 5) is 40.9. The van der Waals surface area contributed by atoms with Crippen molar-refractivity contribution in [3.63, 3.8) is 0 Å². The average molecular weight is 423 g/mol. The maximum absolute atomic E-state index is 14.0. The molecule has 2 aliphatic heterocycles. The lowest BCUT2D eigenvalue weighted by Gasteiger charge is -2.45. The van der Waals surface area contributed by atoms with Gasteiger partial charge in [-0.05, 0) is 18.4 Å². The second-order valence-electron chi connectivity index (χ2n) is 8.35. The second kappa shape index (κ2) is 8.28. The van der Waals surface area contributed by atoms with E-state index < -0.39 is 41.0 Å². The summed E-state index contributed by atoms with van der Waals surface area (Å²) in [6.07, 6.45) is 6.23. The molecule has 4 rings (SSSR count). The number of amides is 3. The Morgan fingerprint density at radius 2 is 1.70 bits per heavy atom. The lowest BCUT2D eigenvalue weighted by atomic mass is 9.84. The molecule has 3 fully saturated rings. The summed E-state index contributed by atoms with van der Waals surface area (Å²) in [5, 5.41) is 2.79. The largest absolute Gasteiger partial charge is 0.342 e. The number of carbonyl (C=O) groups is 3. The van der Waals surface area contributed by atoms with Crippen molar-refractivity contribution in [3.8, 4) is 0 Å². The molecule has 0 radical (unpaired) electrons. The molecule has 1 aromatic carbocycles. The number of piperazine rings is 2. The van der Waals surface area contributed by atoms with Crippen LogP contribution in [0.1, 0.15) is 48.9 Å². The Morgan fingerprint density at radius 1 is 1.00 bits per heavy atom. The molecule has 30 heavy (non-hydrogen) atoms. The van der Waals surface area contributed by atoms with E-state index in [2.05, 4.69) is 5.32 Å². The summed E-state index contributed by atoms with van der Waals surface area (Å²) in [5.74, 6) is -4.79. The molecule has 3 amide bonds. The molecule has 3 aliphatic rings. The predicted octanol–water partition coefficient (Wildman–Crippen LogP) is 2.23. The van der Waals surface area contributed by atoms with Crippen LogP contribution in [0.4, 0.5) is 13.2 Å². The minimum atomic E-state index is -1.38. The van der Waals surface area contributed by atoms with Gasteiger partial charge in [0.25, 0.3) is 5.91 Å². The zero-order chi connectivity index (χ0) is 21.4.